The predicted molar refractivity (Wildman–Crippen MR) is 109 cm³/mol. The van der Waals surface area contributed by atoms with Gasteiger partial charge in [0, 0.05) is 44.0 Å². The molecule has 2 saturated heterocycles. The van der Waals surface area contributed by atoms with Crippen molar-refractivity contribution in [3.05, 3.63) is 29.0 Å². The van der Waals surface area contributed by atoms with Gasteiger partial charge in [0.15, 0.2) is 0 Å². The number of carbonyl (C=O) groups excluding carboxylic acids is 1. The molecule has 0 spiro atoms. The average Bonchev–Trinajstić information content (AvgIpc) is 3.31. The van der Waals surface area contributed by atoms with E-state index in [1.54, 1.807) is 0 Å². The van der Waals surface area contributed by atoms with E-state index >= 15 is 0 Å². The molecule has 6 heteroatoms. The molecular formula is C21H29ClN4O. The Morgan fingerprint density at radius 1 is 1.22 bits per heavy atom. The number of likely N-dealkylation sites (tertiary alicyclic amines) is 2. The van der Waals surface area contributed by atoms with Gasteiger partial charge in [-0.1, -0.05) is 11.6 Å². The van der Waals surface area contributed by atoms with Gasteiger partial charge < -0.3 is 9.47 Å². The normalized spacial score (nSPS) is 21.3. The van der Waals surface area contributed by atoms with E-state index in [0.717, 1.165) is 49.2 Å². The maximum absolute atomic E-state index is 12.7. The number of nitrogens with zero attached hydrogens (tertiary/aromatic N) is 4. The molecule has 1 aromatic heterocycles. The predicted octanol–water partition coefficient (Wildman–Crippen LogP) is 3.64. The quantitative estimate of drug-likeness (QED) is 0.785. The van der Waals surface area contributed by atoms with E-state index in [0.29, 0.717) is 23.4 Å². The summed E-state index contributed by atoms with van der Waals surface area (Å²) in [4.78, 5) is 22.1. The minimum Gasteiger partial charge on any atom is -0.341 e. The summed E-state index contributed by atoms with van der Waals surface area (Å²) < 4.78 is 2.11. The van der Waals surface area contributed by atoms with E-state index in [-0.39, 0.29) is 0 Å². The molecule has 0 radical (unpaired) electrons. The van der Waals surface area contributed by atoms with Crippen molar-refractivity contribution in [3.63, 3.8) is 0 Å². The Bertz CT molecular complexity index is 812. The Morgan fingerprint density at radius 3 is 2.85 bits per heavy atom. The highest BCUT2D eigenvalue weighted by Gasteiger charge is 2.28. The van der Waals surface area contributed by atoms with Gasteiger partial charge in [-0.25, -0.2) is 4.98 Å². The lowest BCUT2D eigenvalue weighted by molar-refractivity contribution is -0.133. The van der Waals surface area contributed by atoms with Gasteiger partial charge in [0.05, 0.1) is 11.0 Å². The van der Waals surface area contributed by atoms with Crippen LogP contribution in [0.2, 0.25) is 5.02 Å². The number of fused-ring (bicyclic) bond motifs is 1. The third-order valence-corrected chi connectivity index (χ3v) is 6.37. The molecule has 1 aromatic carbocycles. The number of carbonyl (C=O) groups is 1. The summed E-state index contributed by atoms with van der Waals surface area (Å²) in [5.74, 6) is 1.33. The van der Waals surface area contributed by atoms with E-state index in [4.69, 9.17) is 16.6 Å². The van der Waals surface area contributed by atoms with Crippen LogP contribution in [-0.2, 0) is 18.3 Å². The Labute approximate surface area is 166 Å². The third-order valence-electron chi connectivity index (χ3n) is 6.13. The van der Waals surface area contributed by atoms with Crippen molar-refractivity contribution < 1.29 is 4.79 Å². The second-order valence-electron chi connectivity index (χ2n) is 7.95. The molecule has 146 valence electrons. The van der Waals surface area contributed by atoms with Gasteiger partial charge in [0.1, 0.15) is 5.82 Å². The summed E-state index contributed by atoms with van der Waals surface area (Å²) in [7, 11) is 2.03. The fraction of sp³-hybridized carbons (Fsp3) is 0.619. The minimum atomic E-state index is 0.306. The number of rotatable bonds is 5. The molecule has 1 atom stereocenters. The van der Waals surface area contributed by atoms with E-state index in [2.05, 4.69) is 14.4 Å². The average molecular weight is 389 g/mol. The number of imidazole rings is 1. The fourth-order valence-electron chi connectivity index (χ4n) is 4.59. The van der Waals surface area contributed by atoms with Crippen molar-refractivity contribution in [3.8, 4) is 0 Å². The van der Waals surface area contributed by atoms with E-state index < -0.39 is 0 Å². The van der Waals surface area contributed by atoms with Crippen LogP contribution in [0.4, 0.5) is 0 Å². The van der Waals surface area contributed by atoms with Crippen molar-refractivity contribution in [2.75, 3.05) is 26.2 Å². The summed E-state index contributed by atoms with van der Waals surface area (Å²) in [5.41, 5.74) is 2.01. The topological polar surface area (TPSA) is 41.4 Å². The maximum Gasteiger partial charge on any atom is 0.222 e. The zero-order valence-corrected chi connectivity index (χ0v) is 16.9. The molecule has 4 rings (SSSR count). The molecule has 2 aliphatic heterocycles. The largest absolute Gasteiger partial charge is 0.341 e. The standard InChI is InChI=1S/C21H29ClN4O/c1-24-19-10-9-16(22)14-18(19)23-20(24)7-4-8-21(27)26-13-5-6-17(15-26)25-11-2-3-12-25/h9-10,14,17H,2-8,11-13,15H2,1H3/t17-/m0/s1. The SMILES string of the molecule is Cn1c(CCCC(=O)N2CCC[C@H](N3CCCC3)C2)nc2cc(Cl)ccc21. The highest BCUT2D eigenvalue weighted by Crippen LogP contribution is 2.22. The van der Waals surface area contributed by atoms with Crippen LogP contribution >= 0.6 is 11.6 Å². The first-order valence-electron chi connectivity index (χ1n) is 10.2. The second kappa shape index (κ2) is 8.19. The molecule has 2 aliphatic rings. The fourth-order valence-corrected chi connectivity index (χ4v) is 4.75. The lowest BCUT2D eigenvalue weighted by Crippen LogP contribution is -2.48. The van der Waals surface area contributed by atoms with Gasteiger partial charge in [-0.05, 0) is 63.4 Å². The molecule has 5 nitrogen and oxygen atoms in total. The molecule has 2 aromatic rings. The molecule has 0 unspecified atom stereocenters. The summed E-state index contributed by atoms with van der Waals surface area (Å²) in [5, 5.41) is 0.708. The molecule has 1 amide bonds. The van der Waals surface area contributed by atoms with Gasteiger partial charge in [-0.3, -0.25) is 9.69 Å². The third kappa shape index (κ3) is 4.14. The lowest BCUT2D eigenvalue weighted by atomic mass is 10.0. The Hall–Kier alpha value is -1.59. The number of aromatic nitrogens is 2. The highest BCUT2D eigenvalue weighted by atomic mass is 35.5. The van der Waals surface area contributed by atoms with E-state index in [1.165, 1.54) is 32.4 Å². The number of piperidine rings is 1. The Kier molecular flexibility index (Phi) is 5.69. The van der Waals surface area contributed by atoms with Gasteiger partial charge in [0.2, 0.25) is 5.91 Å². The van der Waals surface area contributed by atoms with E-state index in [9.17, 15) is 4.79 Å². The van der Waals surface area contributed by atoms with Crippen molar-refractivity contribution >= 4 is 28.5 Å². The van der Waals surface area contributed by atoms with Gasteiger partial charge in [-0.2, -0.15) is 0 Å². The molecule has 0 bridgehead atoms. The van der Waals surface area contributed by atoms with Crippen LogP contribution in [0.25, 0.3) is 11.0 Å². The van der Waals surface area contributed by atoms with Crippen LogP contribution in [0.3, 0.4) is 0 Å². The molecule has 2 fully saturated rings. The van der Waals surface area contributed by atoms with Crippen molar-refractivity contribution in [1.29, 1.82) is 0 Å². The van der Waals surface area contributed by atoms with Crippen molar-refractivity contribution in [2.24, 2.45) is 7.05 Å². The van der Waals surface area contributed by atoms with Crippen LogP contribution in [0.5, 0.6) is 0 Å². The number of hydrogen-bond acceptors (Lipinski definition) is 3. The van der Waals surface area contributed by atoms with Crippen molar-refractivity contribution in [2.45, 2.75) is 51.0 Å². The number of aryl methyl sites for hydroxylation is 2. The number of hydrogen-bond donors (Lipinski definition) is 0. The molecule has 0 N–H and O–H groups in total. The van der Waals surface area contributed by atoms with Crippen LogP contribution in [0, 0.1) is 0 Å². The van der Waals surface area contributed by atoms with Crippen LogP contribution in [0.15, 0.2) is 18.2 Å². The maximum atomic E-state index is 12.7. The number of amides is 1. The monoisotopic (exact) mass is 388 g/mol. The summed E-state index contributed by atoms with van der Waals surface area (Å²) in [6.45, 7) is 4.27. The Morgan fingerprint density at radius 2 is 2.04 bits per heavy atom. The minimum absolute atomic E-state index is 0.306. The van der Waals surface area contributed by atoms with Crippen LogP contribution < -0.4 is 0 Å². The van der Waals surface area contributed by atoms with Crippen LogP contribution in [-0.4, -0.2) is 57.5 Å². The molecule has 0 aliphatic carbocycles. The van der Waals surface area contributed by atoms with Crippen LogP contribution in [0.1, 0.15) is 44.3 Å². The molecule has 0 saturated carbocycles. The molecule has 27 heavy (non-hydrogen) atoms. The number of benzene rings is 1. The number of halogens is 1. The second-order valence-corrected chi connectivity index (χ2v) is 8.39. The smallest absolute Gasteiger partial charge is 0.222 e. The molecule has 3 heterocycles. The summed E-state index contributed by atoms with van der Waals surface area (Å²) >= 11 is 6.07. The highest BCUT2D eigenvalue weighted by molar-refractivity contribution is 6.31. The summed E-state index contributed by atoms with van der Waals surface area (Å²) in [6.07, 6.45) is 7.27. The van der Waals surface area contributed by atoms with Gasteiger partial charge in [-0.15, -0.1) is 0 Å². The lowest BCUT2D eigenvalue weighted by Gasteiger charge is -2.37. The first-order valence-corrected chi connectivity index (χ1v) is 10.6. The first kappa shape index (κ1) is 18.8. The zero-order valence-electron chi connectivity index (χ0n) is 16.2. The zero-order chi connectivity index (χ0) is 18.8. The Balaban J connectivity index is 1.31. The van der Waals surface area contributed by atoms with Crippen molar-refractivity contribution in [1.82, 2.24) is 19.4 Å². The van der Waals surface area contributed by atoms with E-state index in [1.807, 2.05) is 25.2 Å². The van der Waals surface area contributed by atoms with Gasteiger partial charge in [0.25, 0.3) is 0 Å². The van der Waals surface area contributed by atoms with Gasteiger partial charge >= 0.3 is 0 Å². The first-order chi connectivity index (χ1) is 13.1. The summed E-state index contributed by atoms with van der Waals surface area (Å²) in [6, 6.07) is 6.38. The molecular weight excluding hydrogens is 360 g/mol.